The molecule has 5 nitrogen and oxygen atoms in total. The Hall–Kier alpha value is -2.31. The summed E-state index contributed by atoms with van der Waals surface area (Å²) in [5.41, 5.74) is 2.78. The van der Waals surface area contributed by atoms with E-state index in [0.29, 0.717) is 5.82 Å². The number of rotatable bonds is 6. The highest BCUT2D eigenvalue weighted by atomic mass is 35.5. The van der Waals surface area contributed by atoms with Crippen LogP contribution in [-0.2, 0) is 11.3 Å². The maximum absolute atomic E-state index is 12.9. The van der Waals surface area contributed by atoms with E-state index in [1.54, 1.807) is 11.8 Å². The van der Waals surface area contributed by atoms with Gasteiger partial charge in [0.15, 0.2) is 11.0 Å². The first-order valence-electron chi connectivity index (χ1n) is 8.57. The van der Waals surface area contributed by atoms with Gasteiger partial charge in [0, 0.05) is 11.4 Å². The summed E-state index contributed by atoms with van der Waals surface area (Å²) in [6, 6.07) is 17.6. The predicted octanol–water partition coefficient (Wildman–Crippen LogP) is 4.46. The number of amides is 1. The summed E-state index contributed by atoms with van der Waals surface area (Å²) >= 11 is 7.65. The molecule has 0 saturated heterocycles. The zero-order chi connectivity index (χ0) is 19.4. The van der Waals surface area contributed by atoms with E-state index in [1.165, 1.54) is 11.8 Å². The highest BCUT2D eigenvalue weighted by Crippen LogP contribution is 2.26. The lowest BCUT2D eigenvalue weighted by molar-refractivity contribution is -0.118. The smallest absolute Gasteiger partial charge is 0.245 e. The van der Waals surface area contributed by atoms with Gasteiger partial charge in [-0.3, -0.25) is 9.36 Å². The molecular formula is C20H21ClN4OS. The highest BCUT2D eigenvalue weighted by Gasteiger charge is 2.25. The minimum Gasteiger partial charge on any atom is -0.303 e. The highest BCUT2D eigenvalue weighted by molar-refractivity contribution is 7.98. The number of nitrogens with zero attached hydrogens (tertiary/aromatic N) is 4. The van der Waals surface area contributed by atoms with Crippen molar-refractivity contribution in [2.45, 2.75) is 30.9 Å². The first-order chi connectivity index (χ1) is 13.0. The van der Waals surface area contributed by atoms with Crippen molar-refractivity contribution in [1.29, 1.82) is 0 Å². The fraction of sp³-hybridized carbons (Fsp3) is 0.250. The van der Waals surface area contributed by atoms with Gasteiger partial charge >= 0.3 is 0 Å². The van der Waals surface area contributed by atoms with Gasteiger partial charge in [0.25, 0.3) is 0 Å². The van der Waals surface area contributed by atoms with Crippen molar-refractivity contribution in [3.05, 3.63) is 66.0 Å². The van der Waals surface area contributed by atoms with Gasteiger partial charge in [-0.25, -0.2) is 0 Å². The molecule has 7 heteroatoms. The van der Waals surface area contributed by atoms with Gasteiger partial charge in [0.1, 0.15) is 5.38 Å². The molecule has 0 fully saturated rings. The first-order valence-corrected chi connectivity index (χ1v) is 10.2. The number of aromatic nitrogens is 3. The SMILES string of the molecule is CSc1nnc(CN(C(=O)C(C)Cl)c2ccccc2C)n1-c1ccccc1. The van der Waals surface area contributed by atoms with Crippen molar-refractivity contribution in [3.8, 4) is 5.69 Å². The molecular weight excluding hydrogens is 380 g/mol. The van der Waals surface area contributed by atoms with E-state index in [2.05, 4.69) is 10.2 Å². The molecule has 1 unspecified atom stereocenters. The van der Waals surface area contributed by atoms with Gasteiger partial charge in [0.2, 0.25) is 5.91 Å². The molecule has 1 atom stereocenters. The molecule has 0 aliphatic heterocycles. The van der Waals surface area contributed by atoms with Crippen LogP contribution in [-0.4, -0.2) is 32.3 Å². The molecule has 140 valence electrons. The van der Waals surface area contributed by atoms with Crippen LogP contribution in [0.25, 0.3) is 5.69 Å². The number of anilines is 1. The van der Waals surface area contributed by atoms with Crippen LogP contribution < -0.4 is 4.90 Å². The van der Waals surface area contributed by atoms with E-state index in [1.807, 2.05) is 72.3 Å². The van der Waals surface area contributed by atoms with Crippen molar-refractivity contribution >= 4 is 35.0 Å². The second kappa shape index (κ2) is 8.59. The maximum atomic E-state index is 12.9. The Morgan fingerprint density at radius 2 is 1.81 bits per heavy atom. The maximum Gasteiger partial charge on any atom is 0.245 e. The zero-order valence-corrected chi connectivity index (χ0v) is 17.0. The molecule has 0 aliphatic carbocycles. The van der Waals surface area contributed by atoms with Crippen molar-refractivity contribution in [3.63, 3.8) is 0 Å². The van der Waals surface area contributed by atoms with Gasteiger partial charge in [-0.1, -0.05) is 48.2 Å². The fourth-order valence-electron chi connectivity index (χ4n) is 2.88. The van der Waals surface area contributed by atoms with Crippen molar-refractivity contribution in [2.75, 3.05) is 11.2 Å². The van der Waals surface area contributed by atoms with Gasteiger partial charge in [-0.05, 0) is 43.9 Å². The monoisotopic (exact) mass is 400 g/mol. The fourth-order valence-corrected chi connectivity index (χ4v) is 3.51. The number of benzene rings is 2. The summed E-state index contributed by atoms with van der Waals surface area (Å²) in [5.74, 6) is 0.513. The molecule has 1 aromatic heterocycles. The quantitative estimate of drug-likeness (QED) is 0.453. The van der Waals surface area contributed by atoms with Gasteiger partial charge in [-0.15, -0.1) is 21.8 Å². The number of alkyl halides is 1. The third-order valence-corrected chi connectivity index (χ3v) is 5.03. The van der Waals surface area contributed by atoms with Crippen LogP contribution in [0.2, 0.25) is 0 Å². The van der Waals surface area contributed by atoms with Crippen LogP contribution in [0.4, 0.5) is 5.69 Å². The van der Waals surface area contributed by atoms with E-state index < -0.39 is 5.38 Å². The second-order valence-corrected chi connectivity index (χ2v) is 7.53. The third-order valence-electron chi connectivity index (χ3n) is 4.21. The summed E-state index contributed by atoms with van der Waals surface area (Å²) in [5, 5.41) is 8.77. The minimum absolute atomic E-state index is 0.167. The van der Waals surface area contributed by atoms with Crippen LogP contribution in [0.15, 0.2) is 59.8 Å². The number of thioether (sulfide) groups is 1. The number of aryl methyl sites for hydroxylation is 1. The Labute approximate surface area is 168 Å². The molecule has 0 spiro atoms. The van der Waals surface area contributed by atoms with Crippen LogP contribution in [0, 0.1) is 6.92 Å². The minimum atomic E-state index is -0.641. The summed E-state index contributed by atoms with van der Waals surface area (Å²) in [6.07, 6.45) is 1.96. The third kappa shape index (κ3) is 4.17. The predicted molar refractivity (Wildman–Crippen MR) is 111 cm³/mol. The standard InChI is InChI=1S/C20H21ClN4OS/c1-14-9-7-8-12-17(14)24(19(26)15(2)21)13-18-22-23-20(27-3)25(18)16-10-5-4-6-11-16/h4-12,15H,13H2,1-3H3. The number of hydrogen-bond acceptors (Lipinski definition) is 4. The molecule has 3 rings (SSSR count). The van der Waals surface area contributed by atoms with Crippen LogP contribution in [0.1, 0.15) is 18.3 Å². The molecule has 1 amide bonds. The lowest BCUT2D eigenvalue weighted by Crippen LogP contribution is -2.36. The van der Waals surface area contributed by atoms with Crippen molar-refractivity contribution < 1.29 is 4.79 Å². The average molecular weight is 401 g/mol. The Bertz CT molecular complexity index is 927. The van der Waals surface area contributed by atoms with Crippen LogP contribution >= 0.6 is 23.4 Å². The molecule has 0 bridgehead atoms. The molecule has 2 aromatic carbocycles. The Balaban J connectivity index is 2.06. The van der Waals surface area contributed by atoms with Crippen molar-refractivity contribution in [2.24, 2.45) is 0 Å². The van der Waals surface area contributed by atoms with E-state index in [0.717, 1.165) is 22.1 Å². The summed E-state index contributed by atoms with van der Waals surface area (Å²) in [6.45, 7) is 3.94. The largest absolute Gasteiger partial charge is 0.303 e. The van der Waals surface area contributed by atoms with Crippen molar-refractivity contribution in [1.82, 2.24) is 14.8 Å². The topological polar surface area (TPSA) is 51.0 Å². The number of halogens is 1. The van der Waals surface area contributed by atoms with E-state index in [4.69, 9.17) is 11.6 Å². The number of carbonyl (C=O) groups is 1. The molecule has 0 N–H and O–H groups in total. The lowest BCUT2D eigenvalue weighted by Gasteiger charge is -2.25. The normalized spacial score (nSPS) is 12.0. The summed E-state index contributed by atoms with van der Waals surface area (Å²) in [4.78, 5) is 14.5. The van der Waals surface area contributed by atoms with Crippen LogP contribution in [0.5, 0.6) is 0 Å². The molecule has 0 aliphatic rings. The van der Waals surface area contributed by atoms with Gasteiger partial charge in [-0.2, -0.15) is 0 Å². The molecule has 27 heavy (non-hydrogen) atoms. The van der Waals surface area contributed by atoms with Gasteiger partial charge < -0.3 is 4.90 Å². The van der Waals surface area contributed by atoms with Gasteiger partial charge in [0.05, 0.1) is 6.54 Å². The molecule has 0 radical (unpaired) electrons. The van der Waals surface area contributed by atoms with E-state index in [-0.39, 0.29) is 12.5 Å². The summed E-state index contributed by atoms with van der Waals surface area (Å²) in [7, 11) is 0. The Morgan fingerprint density at radius 1 is 1.15 bits per heavy atom. The second-order valence-electron chi connectivity index (χ2n) is 6.10. The average Bonchev–Trinajstić information content (AvgIpc) is 3.09. The van der Waals surface area contributed by atoms with E-state index >= 15 is 0 Å². The van der Waals surface area contributed by atoms with E-state index in [9.17, 15) is 4.79 Å². The number of carbonyl (C=O) groups excluding carboxylic acids is 1. The Kier molecular flexibility index (Phi) is 6.19. The summed E-state index contributed by atoms with van der Waals surface area (Å²) < 4.78 is 1.97. The number of para-hydroxylation sites is 2. The Morgan fingerprint density at radius 3 is 2.44 bits per heavy atom. The molecule has 0 saturated carbocycles. The molecule has 1 heterocycles. The number of hydrogen-bond donors (Lipinski definition) is 0. The first kappa shape index (κ1) is 19.5. The molecule has 3 aromatic rings. The van der Waals surface area contributed by atoms with Crippen LogP contribution in [0.3, 0.4) is 0 Å². The lowest BCUT2D eigenvalue weighted by atomic mass is 10.1. The zero-order valence-electron chi connectivity index (χ0n) is 15.5.